The first kappa shape index (κ1) is 15.0. The van der Waals surface area contributed by atoms with Gasteiger partial charge in [-0.25, -0.2) is 12.8 Å². The summed E-state index contributed by atoms with van der Waals surface area (Å²) < 4.78 is 40.3. The van der Waals surface area contributed by atoms with Crippen LogP contribution in [0, 0.1) is 12.7 Å². The highest BCUT2D eigenvalue weighted by Gasteiger charge is 2.17. The van der Waals surface area contributed by atoms with Gasteiger partial charge < -0.3 is 5.32 Å². The van der Waals surface area contributed by atoms with Gasteiger partial charge in [0.15, 0.2) is 0 Å². The Hall–Kier alpha value is -1.44. The molecule has 0 fully saturated rings. The molecule has 0 aliphatic carbocycles. The van der Waals surface area contributed by atoms with E-state index in [1.54, 1.807) is 25.4 Å². The molecule has 0 spiro atoms. The van der Waals surface area contributed by atoms with Gasteiger partial charge in [0.05, 0.1) is 0 Å². The molecule has 0 atom stereocenters. The van der Waals surface area contributed by atoms with E-state index in [4.69, 9.17) is 0 Å². The second-order valence-corrected chi connectivity index (χ2v) is 7.19. The molecule has 1 aromatic carbocycles. The molecular weight excluding hydrogens is 299 g/mol. The molecule has 20 heavy (non-hydrogen) atoms. The monoisotopic (exact) mass is 314 g/mol. The molecule has 1 heterocycles. The van der Waals surface area contributed by atoms with Crippen molar-refractivity contribution in [3.8, 4) is 0 Å². The van der Waals surface area contributed by atoms with Crippen LogP contribution in [0.4, 0.5) is 10.1 Å². The topological polar surface area (TPSA) is 58.2 Å². The number of hydrogen-bond acceptors (Lipinski definition) is 4. The summed E-state index contributed by atoms with van der Waals surface area (Å²) >= 11 is 1.16. The molecule has 1 aromatic heterocycles. The standard InChI is InChI=1S/C13H15FN2O2S2/c1-9-5-11(3-4-12(9)14)16-20(17,18)13-6-10(7-15-2)8-19-13/h3-6,8,15-16H,7H2,1-2H3. The van der Waals surface area contributed by atoms with Crippen molar-refractivity contribution < 1.29 is 12.8 Å². The highest BCUT2D eigenvalue weighted by Crippen LogP contribution is 2.24. The van der Waals surface area contributed by atoms with E-state index in [1.807, 2.05) is 0 Å². The van der Waals surface area contributed by atoms with Crippen LogP contribution in [0.25, 0.3) is 0 Å². The first-order chi connectivity index (χ1) is 9.42. The van der Waals surface area contributed by atoms with Crippen molar-refractivity contribution in [3.63, 3.8) is 0 Å². The number of benzene rings is 1. The van der Waals surface area contributed by atoms with Crippen LogP contribution in [0.15, 0.2) is 33.9 Å². The fourth-order valence-corrected chi connectivity index (χ4v) is 3.96. The lowest BCUT2D eigenvalue weighted by atomic mass is 10.2. The Kier molecular flexibility index (Phi) is 4.42. The van der Waals surface area contributed by atoms with E-state index in [9.17, 15) is 12.8 Å². The van der Waals surface area contributed by atoms with Crippen molar-refractivity contribution in [2.75, 3.05) is 11.8 Å². The van der Waals surface area contributed by atoms with E-state index < -0.39 is 10.0 Å². The minimum absolute atomic E-state index is 0.240. The molecular formula is C13H15FN2O2S2. The maximum atomic E-state index is 13.2. The van der Waals surface area contributed by atoms with E-state index in [1.165, 1.54) is 18.2 Å². The lowest BCUT2D eigenvalue weighted by Gasteiger charge is -2.07. The van der Waals surface area contributed by atoms with E-state index in [0.717, 1.165) is 16.9 Å². The maximum Gasteiger partial charge on any atom is 0.271 e. The van der Waals surface area contributed by atoms with Crippen LogP contribution in [0.1, 0.15) is 11.1 Å². The molecule has 0 bridgehead atoms. The van der Waals surface area contributed by atoms with Crippen LogP contribution in [-0.2, 0) is 16.6 Å². The number of thiophene rings is 1. The predicted octanol–water partition coefficient (Wildman–Crippen LogP) is 2.72. The van der Waals surface area contributed by atoms with Gasteiger partial charge in [-0.1, -0.05) is 0 Å². The average Bonchev–Trinajstić information content (AvgIpc) is 2.83. The van der Waals surface area contributed by atoms with Crippen LogP contribution in [0.3, 0.4) is 0 Å². The summed E-state index contributed by atoms with van der Waals surface area (Å²) in [5.74, 6) is -0.361. The molecule has 7 heteroatoms. The van der Waals surface area contributed by atoms with Crippen LogP contribution < -0.4 is 10.0 Å². The first-order valence-electron chi connectivity index (χ1n) is 5.93. The number of halogens is 1. The molecule has 0 amide bonds. The van der Waals surface area contributed by atoms with Gasteiger partial charge in [0.1, 0.15) is 10.0 Å². The van der Waals surface area contributed by atoms with Gasteiger partial charge in [-0.2, -0.15) is 0 Å². The van der Waals surface area contributed by atoms with Crippen molar-refractivity contribution in [2.45, 2.75) is 17.7 Å². The zero-order valence-electron chi connectivity index (χ0n) is 11.1. The number of nitrogens with one attached hydrogen (secondary N) is 2. The molecule has 4 nitrogen and oxygen atoms in total. The Labute approximate surface area is 121 Å². The van der Waals surface area contributed by atoms with E-state index in [0.29, 0.717) is 17.8 Å². The van der Waals surface area contributed by atoms with Gasteiger partial charge in [-0.3, -0.25) is 4.72 Å². The van der Waals surface area contributed by atoms with Crippen molar-refractivity contribution in [1.29, 1.82) is 0 Å². The number of sulfonamides is 1. The molecule has 0 radical (unpaired) electrons. The van der Waals surface area contributed by atoms with E-state index in [-0.39, 0.29) is 10.0 Å². The Morgan fingerprint density at radius 3 is 2.70 bits per heavy atom. The van der Waals surface area contributed by atoms with Crippen LogP contribution in [0.2, 0.25) is 0 Å². The highest BCUT2D eigenvalue weighted by atomic mass is 32.2. The molecule has 2 rings (SSSR count). The van der Waals surface area contributed by atoms with Gasteiger partial charge in [0, 0.05) is 12.2 Å². The van der Waals surface area contributed by atoms with E-state index >= 15 is 0 Å². The molecule has 0 aliphatic rings. The highest BCUT2D eigenvalue weighted by molar-refractivity contribution is 7.94. The molecule has 2 N–H and O–H groups in total. The third kappa shape index (κ3) is 3.36. The van der Waals surface area contributed by atoms with Crippen molar-refractivity contribution in [3.05, 3.63) is 46.6 Å². The largest absolute Gasteiger partial charge is 0.316 e. The molecule has 0 aliphatic heterocycles. The Balaban J connectivity index is 2.23. The average molecular weight is 314 g/mol. The summed E-state index contributed by atoms with van der Waals surface area (Å²) in [5.41, 5.74) is 1.66. The summed E-state index contributed by atoms with van der Waals surface area (Å²) in [6.07, 6.45) is 0. The minimum Gasteiger partial charge on any atom is -0.316 e. The lowest BCUT2D eigenvalue weighted by Crippen LogP contribution is -2.12. The predicted molar refractivity (Wildman–Crippen MR) is 79.0 cm³/mol. The summed E-state index contributed by atoms with van der Waals surface area (Å²) in [6, 6.07) is 5.74. The number of anilines is 1. The SMILES string of the molecule is CNCc1csc(S(=O)(=O)Nc2ccc(F)c(C)c2)c1. The molecule has 0 saturated heterocycles. The number of hydrogen-bond donors (Lipinski definition) is 2. The Morgan fingerprint density at radius 2 is 2.05 bits per heavy atom. The third-order valence-electron chi connectivity index (χ3n) is 2.69. The maximum absolute atomic E-state index is 13.2. The van der Waals surface area contributed by atoms with Crippen molar-refractivity contribution in [1.82, 2.24) is 5.32 Å². The zero-order valence-corrected chi connectivity index (χ0v) is 12.7. The lowest BCUT2D eigenvalue weighted by molar-refractivity contribution is 0.602. The van der Waals surface area contributed by atoms with Crippen LogP contribution in [-0.4, -0.2) is 15.5 Å². The van der Waals surface area contributed by atoms with Crippen LogP contribution >= 0.6 is 11.3 Å². The number of rotatable bonds is 5. The minimum atomic E-state index is -3.62. The second-order valence-electron chi connectivity index (χ2n) is 4.37. The summed E-state index contributed by atoms with van der Waals surface area (Å²) in [4.78, 5) is 0. The normalized spacial score (nSPS) is 11.6. The van der Waals surface area contributed by atoms with Gasteiger partial charge in [-0.15, -0.1) is 11.3 Å². The van der Waals surface area contributed by atoms with Gasteiger partial charge >= 0.3 is 0 Å². The molecule has 108 valence electrons. The van der Waals surface area contributed by atoms with E-state index in [2.05, 4.69) is 10.0 Å². The molecule has 0 unspecified atom stereocenters. The fourth-order valence-electron chi connectivity index (χ4n) is 1.70. The fraction of sp³-hybridized carbons (Fsp3) is 0.231. The van der Waals surface area contributed by atoms with Crippen molar-refractivity contribution >= 4 is 27.0 Å². The van der Waals surface area contributed by atoms with Gasteiger partial charge in [0.25, 0.3) is 10.0 Å². The number of aryl methyl sites for hydroxylation is 1. The smallest absolute Gasteiger partial charge is 0.271 e. The summed E-state index contributed by atoms with van der Waals surface area (Å²) in [7, 11) is -1.83. The quantitative estimate of drug-likeness (QED) is 0.892. The Bertz CT molecular complexity index is 711. The Morgan fingerprint density at radius 1 is 1.30 bits per heavy atom. The molecule has 0 saturated carbocycles. The second kappa shape index (κ2) is 5.90. The van der Waals surface area contributed by atoms with Crippen LogP contribution in [0.5, 0.6) is 0 Å². The summed E-state index contributed by atoms with van der Waals surface area (Å²) in [5, 5.41) is 4.75. The zero-order chi connectivity index (χ0) is 14.8. The van der Waals surface area contributed by atoms with Gasteiger partial charge in [0.2, 0.25) is 0 Å². The molecule has 2 aromatic rings. The summed E-state index contributed by atoms with van der Waals surface area (Å²) in [6.45, 7) is 2.20. The van der Waals surface area contributed by atoms with Crippen molar-refractivity contribution in [2.24, 2.45) is 0 Å². The first-order valence-corrected chi connectivity index (χ1v) is 8.29. The van der Waals surface area contributed by atoms with Gasteiger partial charge in [-0.05, 0) is 54.7 Å². The third-order valence-corrected chi connectivity index (χ3v) is 5.56.